The van der Waals surface area contributed by atoms with Crippen molar-refractivity contribution in [2.45, 2.75) is 19.8 Å². The molecule has 1 aromatic heterocycles. The van der Waals surface area contributed by atoms with E-state index in [4.69, 9.17) is 5.73 Å². The molecule has 0 unspecified atom stereocenters. The molecule has 2 N–H and O–H groups in total. The van der Waals surface area contributed by atoms with Gasteiger partial charge in [0.15, 0.2) is 0 Å². The lowest BCUT2D eigenvalue weighted by atomic mass is 9.93. The predicted octanol–water partition coefficient (Wildman–Crippen LogP) is 1.70. The number of fused-ring (bicyclic) bond motifs is 2. The Kier molecular flexibility index (Phi) is 3.53. The molecule has 5 nitrogen and oxygen atoms in total. The lowest BCUT2D eigenvalue weighted by Crippen LogP contribution is -2.48. The highest BCUT2D eigenvalue weighted by Crippen LogP contribution is 2.43. The average molecular weight is 299 g/mol. The van der Waals surface area contributed by atoms with Gasteiger partial charge in [-0.3, -0.25) is 4.90 Å². The van der Waals surface area contributed by atoms with Crippen molar-refractivity contribution in [3.05, 3.63) is 23.9 Å². The Labute approximate surface area is 132 Å². The number of allylic oxidation sites excluding steroid dienone is 2. The fourth-order valence-corrected chi connectivity index (χ4v) is 4.33. The highest BCUT2D eigenvalue weighted by atomic mass is 15.3. The fourth-order valence-electron chi connectivity index (χ4n) is 4.33. The van der Waals surface area contributed by atoms with Gasteiger partial charge in [-0.15, -0.1) is 0 Å². The van der Waals surface area contributed by atoms with Gasteiger partial charge in [0.05, 0.1) is 0 Å². The van der Waals surface area contributed by atoms with Crippen LogP contribution in [0.3, 0.4) is 0 Å². The number of nitrogens with zero attached hydrogens (tertiary/aromatic N) is 4. The molecule has 2 bridgehead atoms. The average Bonchev–Trinajstić information content (AvgIpc) is 3.09. The van der Waals surface area contributed by atoms with Gasteiger partial charge >= 0.3 is 0 Å². The van der Waals surface area contributed by atoms with Crippen LogP contribution >= 0.6 is 0 Å². The minimum Gasteiger partial charge on any atom is -0.368 e. The van der Waals surface area contributed by atoms with E-state index in [9.17, 15) is 0 Å². The zero-order valence-corrected chi connectivity index (χ0v) is 13.3. The molecule has 1 aromatic rings. The van der Waals surface area contributed by atoms with Crippen molar-refractivity contribution < 1.29 is 0 Å². The number of hydrogen-bond donors (Lipinski definition) is 1. The molecule has 3 aliphatic rings. The van der Waals surface area contributed by atoms with Crippen LogP contribution < -0.4 is 10.6 Å². The molecule has 0 radical (unpaired) electrons. The first-order valence-electron chi connectivity index (χ1n) is 8.44. The Morgan fingerprint density at radius 3 is 2.59 bits per heavy atom. The molecule has 2 heterocycles. The predicted molar refractivity (Wildman–Crippen MR) is 88.7 cm³/mol. The number of nitrogens with two attached hydrogens (primary N) is 1. The van der Waals surface area contributed by atoms with E-state index >= 15 is 0 Å². The van der Waals surface area contributed by atoms with Crippen LogP contribution in [0.1, 0.15) is 18.5 Å². The zero-order chi connectivity index (χ0) is 15.1. The van der Waals surface area contributed by atoms with Crippen molar-refractivity contribution in [1.29, 1.82) is 0 Å². The maximum atomic E-state index is 5.77. The summed E-state index contributed by atoms with van der Waals surface area (Å²) in [5.41, 5.74) is 6.71. The molecule has 1 aliphatic heterocycles. The van der Waals surface area contributed by atoms with Gasteiger partial charge in [-0.2, -0.15) is 4.98 Å². The second-order valence-electron chi connectivity index (χ2n) is 7.05. The molecule has 0 spiro atoms. The SMILES string of the molecule is Cc1cc(N2CCN(C[C@H]3C[C@H]4C=C[C@H]3C4)CC2)nc(N)n1. The number of nitrogen functional groups attached to an aromatic ring is 1. The van der Waals surface area contributed by atoms with E-state index in [0.717, 1.165) is 55.4 Å². The summed E-state index contributed by atoms with van der Waals surface area (Å²) in [7, 11) is 0. The third kappa shape index (κ3) is 2.70. The summed E-state index contributed by atoms with van der Waals surface area (Å²) in [4.78, 5) is 13.5. The second kappa shape index (κ2) is 5.54. The molecule has 22 heavy (non-hydrogen) atoms. The first-order chi connectivity index (χ1) is 10.7. The van der Waals surface area contributed by atoms with E-state index in [-0.39, 0.29) is 0 Å². The van der Waals surface area contributed by atoms with Gasteiger partial charge in [0, 0.05) is 44.5 Å². The van der Waals surface area contributed by atoms with E-state index < -0.39 is 0 Å². The molecule has 2 fully saturated rings. The lowest BCUT2D eigenvalue weighted by Gasteiger charge is -2.37. The van der Waals surface area contributed by atoms with Gasteiger partial charge in [0.1, 0.15) is 5.82 Å². The zero-order valence-electron chi connectivity index (χ0n) is 13.3. The van der Waals surface area contributed by atoms with Crippen LogP contribution in [0.2, 0.25) is 0 Å². The molecule has 4 rings (SSSR count). The van der Waals surface area contributed by atoms with E-state index in [1.165, 1.54) is 19.4 Å². The number of hydrogen-bond acceptors (Lipinski definition) is 5. The van der Waals surface area contributed by atoms with Crippen molar-refractivity contribution in [3.63, 3.8) is 0 Å². The summed E-state index contributed by atoms with van der Waals surface area (Å²) in [5.74, 6) is 3.98. The van der Waals surface area contributed by atoms with Gasteiger partial charge in [0.25, 0.3) is 0 Å². The highest BCUT2D eigenvalue weighted by molar-refractivity contribution is 5.43. The Hall–Kier alpha value is -1.62. The summed E-state index contributed by atoms with van der Waals surface area (Å²) in [6, 6.07) is 2.03. The number of aromatic nitrogens is 2. The Morgan fingerprint density at radius 2 is 1.95 bits per heavy atom. The van der Waals surface area contributed by atoms with Crippen molar-refractivity contribution in [2.24, 2.45) is 17.8 Å². The third-order valence-corrected chi connectivity index (χ3v) is 5.46. The smallest absolute Gasteiger partial charge is 0.222 e. The third-order valence-electron chi connectivity index (χ3n) is 5.46. The summed E-state index contributed by atoms with van der Waals surface area (Å²) in [5, 5.41) is 0. The van der Waals surface area contributed by atoms with Gasteiger partial charge < -0.3 is 10.6 Å². The fraction of sp³-hybridized carbons (Fsp3) is 0.647. The van der Waals surface area contributed by atoms with Crippen LogP contribution in [-0.2, 0) is 0 Å². The van der Waals surface area contributed by atoms with Crippen LogP contribution in [0.25, 0.3) is 0 Å². The van der Waals surface area contributed by atoms with Gasteiger partial charge in [-0.1, -0.05) is 12.2 Å². The number of piperazine rings is 1. The van der Waals surface area contributed by atoms with Gasteiger partial charge in [0.2, 0.25) is 5.95 Å². The molecule has 5 heteroatoms. The molecular weight excluding hydrogens is 274 g/mol. The first-order valence-corrected chi connectivity index (χ1v) is 8.44. The molecular formula is C17H25N5. The normalized spacial score (nSPS) is 31.1. The molecule has 1 saturated heterocycles. The Balaban J connectivity index is 1.33. The number of anilines is 2. The monoisotopic (exact) mass is 299 g/mol. The topological polar surface area (TPSA) is 58.3 Å². The van der Waals surface area contributed by atoms with Crippen LogP contribution in [0.5, 0.6) is 0 Å². The van der Waals surface area contributed by atoms with E-state index in [2.05, 4.69) is 31.9 Å². The van der Waals surface area contributed by atoms with Crippen molar-refractivity contribution in [3.8, 4) is 0 Å². The molecule has 1 saturated carbocycles. The number of aryl methyl sites for hydroxylation is 1. The molecule has 3 atom stereocenters. The first kappa shape index (κ1) is 14.0. The Morgan fingerprint density at radius 1 is 1.14 bits per heavy atom. The van der Waals surface area contributed by atoms with Crippen LogP contribution in [-0.4, -0.2) is 47.6 Å². The maximum absolute atomic E-state index is 5.77. The quantitative estimate of drug-likeness (QED) is 0.861. The standard InChI is InChI=1S/C17H25N5/c1-12-8-16(20-17(18)19-12)22-6-4-21(5-7-22)11-15-10-13-2-3-14(15)9-13/h2-3,8,13-15H,4-7,9-11H2,1H3,(H2,18,19,20)/t13-,14-,15+/m0/s1. The van der Waals surface area contributed by atoms with E-state index in [1.807, 2.05) is 13.0 Å². The van der Waals surface area contributed by atoms with Crippen molar-refractivity contribution in [2.75, 3.05) is 43.4 Å². The van der Waals surface area contributed by atoms with E-state index in [0.29, 0.717) is 5.95 Å². The van der Waals surface area contributed by atoms with E-state index in [1.54, 1.807) is 0 Å². The van der Waals surface area contributed by atoms with Crippen LogP contribution in [0, 0.1) is 24.7 Å². The molecule has 2 aliphatic carbocycles. The largest absolute Gasteiger partial charge is 0.368 e. The maximum Gasteiger partial charge on any atom is 0.222 e. The molecule has 118 valence electrons. The van der Waals surface area contributed by atoms with Crippen molar-refractivity contribution in [1.82, 2.24) is 14.9 Å². The lowest BCUT2D eigenvalue weighted by molar-refractivity contribution is 0.204. The highest BCUT2D eigenvalue weighted by Gasteiger charge is 2.36. The minimum absolute atomic E-state index is 0.381. The number of rotatable bonds is 3. The summed E-state index contributed by atoms with van der Waals surface area (Å²) in [6.45, 7) is 7.56. The second-order valence-corrected chi connectivity index (χ2v) is 7.05. The van der Waals surface area contributed by atoms with Gasteiger partial charge in [-0.05, 0) is 37.5 Å². The summed E-state index contributed by atoms with van der Waals surface area (Å²) < 4.78 is 0. The minimum atomic E-state index is 0.381. The summed E-state index contributed by atoms with van der Waals surface area (Å²) in [6.07, 6.45) is 7.70. The summed E-state index contributed by atoms with van der Waals surface area (Å²) >= 11 is 0. The van der Waals surface area contributed by atoms with Crippen LogP contribution in [0.15, 0.2) is 18.2 Å². The van der Waals surface area contributed by atoms with Gasteiger partial charge in [-0.25, -0.2) is 4.98 Å². The van der Waals surface area contributed by atoms with Crippen molar-refractivity contribution >= 4 is 11.8 Å². The molecule has 0 aromatic carbocycles. The Bertz CT molecular complexity index is 556. The van der Waals surface area contributed by atoms with Crippen LogP contribution in [0.4, 0.5) is 11.8 Å². The molecule has 0 amide bonds.